The first-order chi connectivity index (χ1) is 53.5. The second-order valence-corrected chi connectivity index (χ2v) is 39.5. The summed E-state index contributed by atoms with van der Waals surface area (Å²) < 4.78 is 51.9. The number of hydrogen-bond acceptors (Lipinski definition) is 30. The first-order valence-corrected chi connectivity index (χ1v) is 49.7. The molecule has 6 atom stereocenters. The third-order valence-corrected chi connectivity index (χ3v) is 29.4. The standard InChI is InChI=1S/C14H15BrO2S2.C14H14O4S.C9H14O2S2.C9H14O2S.C8H12O2S.2C7H10O2S.C7H10OS2.C6H10OS/c1-10-6-18-8-11(9-19-7-10)17-14(16)12-4-2-3-5-13(12)15;1-10-8-19-9-12(7-17-13(10)15)18-14(16)11-5-3-2-4-6-11;1-7-4-12-6-9(13-5-7)3-11-8(2)10;1-6-5-12-8(3)4-7(2)11-9(6)10;1-6-5-11-4-3-7(2)10-8(6)9;1-5-6(2)10-4-3-9-7(5)8;1-6-5-10-4-2-3-9-7(6)8;1-6-5-10-4-2-3-8-7(6)9;1-6-4-7-2-3-8-5-6/h2-5,11H,1,6-9H2;2-6,12H,1,7-9H2;9H,1,3-6H2,2H3;7-8H,1,4-5H2,2-3H3;7H,1,3-5H2,2H3;6H,1,3-4H2,2H3;2*1-5H2;1-5H2. The maximum Gasteiger partial charge on any atom is 0.339 e. The predicted octanol–water partition coefficient (Wildman–Crippen LogP) is 17.4. The van der Waals surface area contributed by atoms with Crippen LogP contribution in [0.25, 0.3) is 0 Å². The smallest absolute Gasteiger partial charge is 0.339 e. The van der Waals surface area contributed by atoms with E-state index in [4.69, 9.17) is 59.6 Å². The fourth-order valence-corrected chi connectivity index (χ4v) is 20.3. The molecule has 9 fully saturated rings. The number of ether oxygens (including phenoxy) is 10. The van der Waals surface area contributed by atoms with Crippen molar-refractivity contribution in [1.82, 2.24) is 0 Å². The van der Waals surface area contributed by atoms with E-state index in [-0.39, 0.29) is 66.0 Å². The summed E-state index contributed by atoms with van der Waals surface area (Å²) in [4.78, 5) is 89.9. The molecular formula is C81H109BrO18S12. The zero-order chi connectivity index (χ0) is 82.6. The molecule has 620 valence electrons. The molecule has 2 aromatic carbocycles. The molecular weight excluding hydrogens is 1730 g/mol. The SMILES string of the molecule is C=C1C(=O)OCCSC1C.C=C1COCCSC1.C=C1CSC(C)CC(C)OC1=O.C=C1CSCC(COC(C)=O)SC1.C=C1CSCC(OC(=O)c2ccccc2)COC1=O.C=C1CSCC(OC(=O)c2ccccc2Br)CSC1.C=C1CSCCC(C)OC1=O.C=C1CSCCCOC1=O.C=C1CSCCCOC1=S. The van der Waals surface area contributed by atoms with Crippen molar-refractivity contribution in [3.63, 3.8) is 0 Å². The molecule has 18 nitrogen and oxygen atoms in total. The van der Waals surface area contributed by atoms with Gasteiger partial charge in [0.15, 0.2) is 5.05 Å². The van der Waals surface area contributed by atoms with Crippen LogP contribution in [0.15, 0.2) is 168 Å². The molecule has 0 saturated carbocycles. The monoisotopic (exact) mass is 1830 g/mol. The fraction of sp³-hybridized carbons (Fsp3) is 0.519. The molecule has 2 aromatic rings. The maximum atomic E-state index is 12.1. The maximum absolute atomic E-state index is 12.1. The number of carbonyl (C=O) groups excluding carboxylic acids is 8. The molecule has 0 spiro atoms. The Kier molecular flexibility index (Phi) is 56.0. The Balaban J connectivity index is 0.000000331. The minimum absolute atomic E-state index is 0.0250. The van der Waals surface area contributed by atoms with Gasteiger partial charge in [0, 0.05) is 153 Å². The van der Waals surface area contributed by atoms with Crippen LogP contribution >= 0.6 is 158 Å². The van der Waals surface area contributed by atoms with Crippen molar-refractivity contribution < 1.29 is 85.7 Å². The average Bonchev–Trinajstić information content (AvgIpc) is 0.875. The summed E-state index contributed by atoms with van der Waals surface area (Å²) in [5.41, 5.74) is 8.57. The second-order valence-electron chi connectivity index (χ2n) is 25.6. The van der Waals surface area contributed by atoms with Gasteiger partial charge in [0.05, 0.1) is 37.6 Å². The molecule has 112 heavy (non-hydrogen) atoms. The van der Waals surface area contributed by atoms with Crippen molar-refractivity contribution in [3.8, 4) is 0 Å². The quantitative estimate of drug-likeness (QED) is 0.0860. The minimum Gasteiger partial charge on any atom is -0.483 e. The lowest BCUT2D eigenvalue weighted by Crippen LogP contribution is -2.30. The summed E-state index contributed by atoms with van der Waals surface area (Å²) >= 11 is 27.8. The number of carbonyl (C=O) groups is 8. The zero-order valence-electron chi connectivity index (χ0n) is 64.9. The highest BCUT2D eigenvalue weighted by Gasteiger charge is 2.26. The van der Waals surface area contributed by atoms with Gasteiger partial charge in [0.1, 0.15) is 44.2 Å². The summed E-state index contributed by atoms with van der Waals surface area (Å²) in [6, 6.07) is 16.1. The summed E-state index contributed by atoms with van der Waals surface area (Å²) in [5, 5.41) is 1.81. The summed E-state index contributed by atoms with van der Waals surface area (Å²) in [6.45, 7) is 47.3. The second kappa shape index (κ2) is 61.4. The van der Waals surface area contributed by atoms with E-state index in [0.29, 0.717) is 97.4 Å². The van der Waals surface area contributed by atoms with Crippen molar-refractivity contribution in [2.24, 2.45) is 0 Å². The summed E-state index contributed by atoms with van der Waals surface area (Å²) in [5.74, 6) is 15.0. The molecule has 9 heterocycles. The minimum atomic E-state index is -0.423. The van der Waals surface area contributed by atoms with E-state index < -0.39 is 18.0 Å². The van der Waals surface area contributed by atoms with Crippen LogP contribution in [0.1, 0.15) is 81.0 Å². The van der Waals surface area contributed by atoms with Crippen LogP contribution in [0.3, 0.4) is 0 Å². The van der Waals surface area contributed by atoms with Crippen LogP contribution in [0.2, 0.25) is 0 Å². The van der Waals surface area contributed by atoms with Gasteiger partial charge in [0.25, 0.3) is 0 Å². The molecule has 11 rings (SSSR count). The molecule has 6 unspecified atom stereocenters. The van der Waals surface area contributed by atoms with E-state index in [1.165, 1.54) is 35.4 Å². The van der Waals surface area contributed by atoms with E-state index in [0.717, 1.165) is 142 Å². The van der Waals surface area contributed by atoms with Crippen LogP contribution in [0, 0.1) is 0 Å². The molecule has 0 amide bonds. The lowest BCUT2D eigenvalue weighted by molar-refractivity contribution is -0.144. The summed E-state index contributed by atoms with van der Waals surface area (Å²) in [7, 11) is 0. The first-order valence-electron chi connectivity index (χ1n) is 36.1. The van der Waals surface area contributed by atoms with Gasteiger partial charge in [0.2, 0.25) is 0 Å². The van der Waals surface area contributed by atoms with Crippen molar-refractivity contribution >= 4 is 210 Å². The predicted molar refractivity (Wildman–Crippen MR) is 488 cm³/mol. The zero-order valence-corrected chi connectivity index (χ0v) is 76.3. The number of cyclic esters (lactones) is 5. The molecule has 0 radical (unpaired) electrons. The number of rotatable bonds is 6. The number of halogens is 1. The van der Waals surface area contributed by atoms with Crippen molar-refractivity contribution in [3.05, 3.63) is 180 Å². The highest BCUT2D eigenvalue weighted by molar-refractivity contribution is 9.10. The van der Waals surface area contributed by atoms with Crippen LogP contribution in [0.4, 0.5) is 0 Å². The van der Waals surface area contributed by atoms with E-state index >= 15 is 0 Å². The molecule has 0 aromatic heterocycles. The normalized spacial score (nSPS) is 23.1. The van der Waals surface area contributed by atoms with E-state index in [2.05, 4.69) is 82.1 Å². The lowest BCUT2D eigenvalue weighted by atomic mass is 10.2. The lowest BCUT2D eigenvalue weighted by Gasteiger charge is -2.21. The number of thiocarbonyl (C=S) groups is 1. The molecule has 9 saturated heterocycles. The van der Waals surface area contributed by atoms with Gasteiger partial charge in [-0.25, -0.2) is 33.6 Å². The van der Waals surface area contributed by atoms with E-state index in [1.807, 2.05) is 92.1 Å². The summed E-state index contributed by atoms with van der Waals surface area (Å²) in [6.07, 6.45) is 3.57. The topological polar surface area (TPSA) is 229 Å². The molecule has 9 aliphatic rings. The Morgan fingerprint density at radius 1 is 0.491 bits per heavy atom. The van der Waals surface area contributed by atoms with Crippen molar-refractivity contribution in [1.29, 1.82) is 0 Å². The first kappa shape index (κ1) is 102. The Morgan fingerprint density at radius 2 is 1.01 bits per heavy atom. The van der Waals surface area contributed by atoms with E-state index in [1.54, 1.807) is 101 Å². The molecule has 31 heteroatoms. The third kappa shape index (κ3) is 48.1. The average molecular weight is 1840 g/mol. The van der Waals surface area contributed by atoms with Gasteiger partial charge in [-0.3, -0.25) is 4.79 Å². The fourth-order valence-electron chi connectivity index (χ4n) is 8.84. The third-order valence-electron chi connectivity index (χ3n) is 15.0. The Hall–Kier alpha value is -3.96. The van der Waals surface area contributed by atoms with Crippen molar-refractivity contribution in [2.75, 3.05) is 156 Å². The number of hydrogen-bond donors (Lipinski definition) is 0. The van der Waals surface area contributed by atoms with Gasteiger partial charge >= 0.3 is 47.8 Å². The molecule has 0 bridgehead atoms. The molecule has 0 aliphatic carbocycles. The Morgan fingerprint density at radius 3 is 1.67 bits per heavy atom. The molecule has 9 aliphatic heterocycles. The van der Waals surface area contributed by atoms with Gasteiger partial charge in [-0.2, -0.15) is 118 Å². The van der Waals surface area contributed by atoms with Crippen LogP contribution < -0.4 is 0 Å². The number of benzene rings is 2. The molecule has 0 N–H and O–H groups in total. The highest BCUT2D eigenvalue weighted by atomic mass is 79.9. The Bertz CT molecular complexity index is 3350. The van der Waals surface area contributed by atoms with Gasteiger partial charge < -0.3 is 47.4 Å². The number of esters is 8. The highest BCUT2D eigenvalue weighted by Crippen LogP contribution is 2.29. The van der Waals surface area contributed by atoms with Crippen LogP contribution in [-0.4, -0.2) is 249 Å². The number of thioether (sulfide) groups is 11. The largest absolute Gasteiger partial charge is 0.483 e. The van der Waals surface area contributed by atoms with Crippen molar-refractivity contribution in [2.45, 2.75) is 100 Å². The van der Waals surface area contributed by atoms with Gasteiger partial charge in [-0.15, -0.1) is 11.8 Å². The van der Waals surface area contributed by atoms with E-state index in [9.17, 15) is 38.4 Å². The van der Waals surface area contributed by atoms with Crippen LogP contribution in [0.5, 0.6) is 0 Å². The van der Waals surface area contributed by atoms with Crippen LogP contribution in [-0.2, 0) is 76.1 Å². The Labute approximate surface area is 724 Å². The van der Waals surface area contributed by atoms with Gasteiger partial charge in [-0.05, 0) is 122 Å². The van der Waals surface area contributed by atoms with Gasteiger partial charge in [-0.1, -0.05) is 108 Å².